The Balaban J connectivity index is 1.86. The second kappa shape index (κ2) is 7.67. The van der Waals surface area contributed by atoms with E-state index < -0.39 is 0 Å². The number of nitrogens with zero attached hydrogens (tertiary/aromatic N) is 2. The molecule has 0 radical (unpaired) electrons. The Hall–Kier alpha value is -1.04. The van der Waals surface area contributed by atoms with E-state index in [0.717, 1.165) is 18.7 Å². The van der Waals surface area contributed by atoms with Crippen molar-refractivity contribution in [2.24, 2.45) is 5.73 Å². The molecule has 0 aliphatic heterocycles. The first-order valence-electron chi connectivity index (χ1n) is 7.42. The lowest BCUT2D eigenvalue weighted by atomic mass is 10.1. The molecule has 1 atom stereocenters. The number of aliphatic hydroxyl groups is 1. The van der Waals surface area contributed by atoms with Crippen molar-refractivity contribution in [2.75, 3.05) is 19.7 Å². The van der Waals surface area contributed by atoms with Crippen LogP contribution in [0.25, 0.3) is 0 Å². The van der Waals surface area contributed by atoms with Gasteiger partial charge in [-0.25, -0.2) is 4.39 Å². The summed E-state index contributed by atoms with van der Waals surface area (Å²) in [7, 11) is 0. The standard InChI is InChI=1S/C15H24FN3O/c16-12-5-6-15(18-11-12)14(17)7-8-19(9-10-20)13-3-1-2-4-13/h5-6,11,13-14,20H,1-4,7-10,17H2. The van der Waals surface area contributed by atoms with Crippen LogP contribution in [0.15, 0.2) is 18.3 Å². The zero-order valence-electron chi connectivity index (χ0n) is 11.8. The van der Waals surface area contributed by atoms with E-state index in [2.05, 4.69) is 9.88 Å². The largest absolute Gasteiger partial charge is 0.395 e. The predicted molar refractivity (Wildman–Crippen MR) is 76.7 cm³/mol. The monoisotopic (exact) mass is 281 g/mol. The fourth-order valence-corrected chi connectivity index (χ4v) is 2.93. The molecule has 5 heteroatoms. The van der Waals surface area contributed by atoms with Crippen LogP contribution >= 0.6 is 0 Å². The Kier molecular flexibility index (Phi) is 5.88. The van der Waals surface area contributed by atoms with E-state index >= 15 is 0 Å². The number of aliphatic hydroxyl groups excluding tert-OH is 1. The zero-order chi connectivity index (χ0) is 14.4. The molecular formula is C15H24FN3O. The molecule has 3 N–H and O–H groups in total. The lowest BCUT2D eigenvalue weighted by Gasteiger charge is -2.29. The SMILES string of the molecule is NC(CCN(CCO)C1CCCC1)c1ccc(F)cn1. The maximum atomic E-state index is 12.8. The van der Waals surface area contributed by atoms with Crippen molar-refractivity contribution < 1.29 is 9.50 Å². The molecule has 1 fully saturated rings. The van der Waals surface area contributed by atoms with Crippen LogP contribution in [0, 0.1) is 5.82 Å². The van der Waals surface area contributed by atoms with Crippen molar-refractivity contribution in [1.82, 2.24) is 9.88 Å². The lowest BCUT2D eigenvalue weighted by molar-refractivity contribution is 0.147. The van der Waals surface area contributed by atoms with Gasteiger partial charge in [-0.2, -0.15) is 0 Å². The highest BCUT2D eigenvalue weighted by molar-refractivity contribution is 5.09. The van der Waals surface area contributed by atoms with E-state index in [-0.39, 0.29) is 18.5 Å². The summed E-state index contributed by atoms with van der Waals surface area (Å²) in [5.74, 6) is -0.339. The van der Waals surface area contributed by atoms with Gasteiger partial charge in [-0.1, -0.05) is 12.8 Å². The number of aromatic nitrogens is 1. The van der Waals surface area contributed by atoms with E-state index in [1.165, 1.54) is 37.9 Å². The van der Waals surface area contributed by atoms with Crippen LogP contribution in [0.3, 0.4) is 0 Å². The highest BCUT2D eigenvalue weighted by Gasteiger charge is 2.22. The third-order valence-electron chi connectivity index (χ3n) is 4.09. The number of hydrogen-bond acceptors (Lipinski definition) is 4. The Bertz CT molecular complexity index is 393. The lowest BCUT2D eigenvalue weighted by Crippen LogP contribution is -2.37. The van der Waals surface area contributed by atoms with Gasteiger partial charge in [-0.15, -0.1) is 0 Å². The molecule has 1 aliphatic rings. The zero-order valence-corrected chi connectivity index (χ0v) is 11.8. The summed E-state index contributed by atoms with van der Waals surface area (Å²) in [5.41, 5.74) is 6.84. The highest BCUT2D eigenvalue weighted by atomic mass is 19.1. The summed E-state index contributed by atoms with van der Waals surface area (Å²) in [4.78, 5) is 6.36. The van der Waals surface area contributed by atoms with Crippen molar-refractivity contribution >= 4 is 0 Å². The first-order chi connectivity index (χ1) is 9.70. The smallest absolute Gasteiger partial charge is 0.141 e. The topological polar surface area (TPSA) is 62.4 Å². The minimum absolute atomic E-state index is 0.181. The molecule has 1 heterocycles. The summed E-state index contributed by atoms with van der Waals surface area (Å²) < 4.78 is 12.8. The number of nitrogens with two attached hydrogens (primary N) is 1. The van der Waals surface area contributed by atoms with Gasteiger partial charge >= 0.3 is 0 Å². The number of hydrogen-bond donors (Lipinski definition) is 2. The molecule has 4 nitrogen and oxygen atoms in total. The van der Waals surface area contributed by atoms with Gasteiger partial charge in [0.25, 0.3) is 0 Å². The maximum absolute atomic E-state index is 12.8. The van der Waals surface area contributed by atoms with Crippen LogP contribution < -0.4 is 5.73 Å². The molecule has 0 saturated heterocycles. The van der Waals surface area contributed by atoms with Crippen molar-refractivity contribution in [3.63, 3.8) is 0 Å². The van der Waals surface area contributed by atoms with E-state index in [1.54, 1.807) is 6.07 Å². The molecule has 1 aromatic heterocycles. The number of halogens is 1. The molecule has 1 aliphatic carbocycles. The number of rotatable bonds is 7. The van der Waals surface area contributed by atoms with Crippen molar-refractivity contribution in [1.29, 1.82) is 0 Å². The van der Waals surface area contributed by atoms with Crippen LogP contribution in [0.4, 0.5) is 4.39 Å². The van der Waals surface area contributed by atoms with Gasteiger partial charge in [-0.05, 0) is 31.4 Å². The van der Waals surface area contributed by atoms with Gasteiger partial charge in [0.2, 0.25) is 0 Å². The summed E-state index contributed by atoms with van der Waals surface area (Å²) in [6, 6.07) is 3.44. The van der Waals surface area contributed by atoms with Gasteiger partial charge in [0, 0.05) is 25.2 Å². The average molecular weight is 281 g/mol. The van der Waals surface area contributed by atoms with Crippen LogP contribution in [-0.4, -0.2) is 40.7 Å². The summed E-state index contributed by atoms with van der Waals surface area (Å²) in [5, 5.41) is 9.18. The average Bonchev–Trinajstić information content (AvgIpc) is 2.98. The molecule has 1 unspecified atom stereocenters. The quantitative estimate of drug-likeness (QED) is 0.800. The highest BCUT2D eigenvalue weighted by Crippen LogP contribution is 2.24. The summed E-state index contributed by atoms with van der Waals surface area (Å²) in [6.45, 7) is 1.74. The minimum atomic E-state index is -0.339. The third-order valence-corrected chi connectivity index (χ3v) is 4.09. The Labute approximate surface area is 119 Å². The molecule has 0 bridgehead atoms. The second-order valence-corrected chi connectivity index (χ2v) is 5.49. The van der Waals surface area contributed by atoms with Gasteiger partial charge in [0.15, 0.2) is 0 Å². The third kappa shape index (κ3) is 4.23. The van der Waals surface area contributed by atoms with Crippen molar-refractivity contribution in [3.8, 4) is 0 Å². The fourth-order valence-electron chi connectivity index (χ4n) is 2.93. The molecule has 20 heavy (non-hydrogen) atoms. The summed E-state index contributed by atoms with van der Waals surface area (Å²) >= 11 is 0. The molecular weight excluding hydrogens is 257 g/mol. The van der Waals surface area contributed by atoms with Crippen LogP contribution in [0.2, 0.25) is 0 Å². The van der Waals surface area contributed by atoms with E-state index in [9.17, 15) is 9.50 Å². The predicted octanol–water partition coefficient (Wildman–Crippen LogP) is 1.85. The van der Waals surface area contributed by atoms with E-state index in [4.69, 9.17) is 5.73 Å². The second-order valence-electron chi connectivity index (χ2n) is 5.49. The van der Waals surface area contributed by atoms with Gasteiger partial charge < -0.3 is 10.8 Å². The van der Waals surface area contributed by atoms with Crippen molar-refractivity contribution in [2.45, 2.75) is 44.2 Å². The molecule has 1 saturated carbocycles. The molecule has 0 aromatic carbocycles. The maximum Gasteiger partial charge on any atom is 0.141 e. The van der Waals surface area contributed by atoms with E-state index in [0.29, 0.717) is 12.6 Å². The van der Waals surface area contributed by atoms with Gasteiger partial charge in [0.05, 0.1) is 18.5 Å². The van der Waals surface area contributed by atoms with Crippen molar-refractivity contribution in [3.05, 3.63) is 29.8 Å². The molecule has 0 spiro atoms. The first-order valence-corrected chi connectivity index (χ1v) is 7.42. The molecule has 2 rings (SSSR count). The Morgan fingerprint density at radius 1 is 1.35 bits per heavy atom. The molecule has 1 aromatic rings. The minimum Gasteiger partial charge on any atom is -0.395 e. The molecule has 112 valence electrons. The van der Waals surface area contributed by atoms with Gasteiger partial charge in [0.1, 0.15) is 5.82 Å². The van der Waals surface area contributed by atoms with Gasteiger partial charge in [-0.3, -0.25) is 9.88 Å². The van der Waals surface area contributed by atoms with Crippen LogP contribution in [0.1, 0.15) is 43.8 Å². The number of pyridine rings is 1. The fraction of sp³-hybridized carbons (Fsp3) is 0.667. The molecule has 0 amide bonds. The Morgan fingerprint density at radius 3 is 2.70 bits per heavy atom. The normalized spacial score (nSPS) is 17.8. The summed E-state index contributed by atoms with van der Waals surface area (Å²) in [6.07, 6.45) is 6.96. The van der Waals surface area contributed by atoms with Crippen LogP contribution in [0.5, 0.6) is 0 Å². The first kappa shape index (κ1) is 15.4. The Morgan fingerprint density at radius 2 is 2.10 bits per heavy atom. The van der Waals surface area contributed by atoms with E-state index in [1.807, 2.05) is 0 Å². The van der Waals surface area contributed by atoms with Crippen LogP contribution in [-0.2, 0) is 0 Å².